The molecule has 0 atom stereocenters. The Morgan fingerprint density at radius 2 is 1.82 bits per heavy atom. The fourth-order valence-electron chi connectivity index (χ4n) is 1.06. The number of aliphatic carboxylic acids is 1. The highest BCUT2D eigenvalue weighted by Gasteiger charge is 2.02. The monoisotopic (exact) mass is 233 g/mol. The van der Waals surface area contributed by atoms with Gasteiger partial charge >= 0.3 is 5.97 Å². The SMILES string of the molecule is O=C(O)C(O)=CC=CC(=O)c1ccccc1[O-]. The smallest absolute Gasteiger partial charge is 0.370 e. The van der Waals surface area contributed by atoms with E-state index >= 15 is 0 Å². The van der Waals surface area contributed by atoms with Gasteiger partial charge in [-0.15, -0.1) is 0 Å². The zero-order chi connectivity index (χ0) is 12.8. The van der Waals surface area contributed by atoms with Crippen LogP contribution in [0, 0.1) is 0 Å². The van der Waals surface area contributed by atoms with Crippen molar-refractivity contribution in [2.45, 2.75) is 0 Å². The van der Waals surface area contributed by atoms with E-state index in [-0.39, 0.29) is 5.56 Å². The highest BCUT2D eigenvalue weighted by Crippen LogP contribution is 2.13. The van der Waals surface area contributed by atoms with Gasteiger partial charge in [0, 0.05) is 5.56 Å². The first kappa shape index (κ1) is 12.5. The van der Waals surface area contributed by atoms with Crippen molar-refractivity contribution in [1.82, 2.24) is 0 Å². The minimum absolute atomic E-state index is 0.00744. The van der Waals surface area contributed by atoms with Crippen LogP contribution in [0.1, 0.15) is 10.4 Å². The van der Waals surface area contributed by atoms with E-state index in [0.717, 1.165) is 18.2 Å². The molecule has 0 heterocycles. The first-order valence-corrected chi connectivity index (χ1v) is 4.63. The van der Waals surface area contributed by atoms with Crippen molar-refractivity contribution in [1.29, 1.82) is 0 Å². The summed E-state index contributed by atoms with van der Waals surface area (Å²) in [6.07, 6.45) is 2.93. The lowest BCUT2D eigenvalue weighted by Crippen LogP contribution is -2.02. The number of carbonyl (C=O) groups is 2. The fraction of sp³-hybridized carbons (Fsp3) is 0. The maximum Gasteiger partial charge on any atom is 0.370 e. The van der Waals surface area contributed by atoms with Crippen molar-refractivity contribution in [3.8, 4) is 5.75 Å². The molecule has 5 heteroatoms. The number of para-hydroxylation sites is 1. The van der Waals surface area contributed by atoms with Crippen molar-refractivity contribution in [2.75, 3.05) is 0 Å². The quantitative estimate of drug-likeness (QED) is 0.350. The summed E-state index contributed by atoms with van der Waals surface area (Å²) in [4.78, 5) is 21.7. The first-order chi connectivity index (χ1) is 8.02. The number of rotatable bonds is 4. The third-order valence-electron chi connectivity index (χ3n) is 1.87. The van der Waals surface area contributed by atoms with E-state index in [4.69, 9.17) is 10.2 Å². The van der Waals surface area contributed by atoms with Crippen molar-refractivity contribution >= 4 is 11.8 Å². The van der Waals surface area contributed by atoms with Gasteiger partial charge in [0.15, 0.2) is 5.78 Å². The van der Waals surface area contributed by atoms with Crippen LogP contribution in [-0.4, -0.2) is 22.0 Å². The molecule has 17 heavy (non-hydrogen) atoms. The summed E-state index contributed by atoms with van der Waals surface area (Å²) in [6, 6.07) is 5.69. The van der Waals surface area contributed by atoms with E-state index in [1.54, 1.807) is 6.07 Å². The molecule has 0 amide bonds. The zero-order valence-corrected chi connectivity index (χ0v) is 8.66. The molecule has 88 valence electrons. The van der Waals surface area contributed by atoms with E-state index in [2.05, 4.69) is 0 Å². The highest BCUT2D eigenvalue weighted by atomic mass is 16.4. The standard InChI is InChI=1S/C12H10O5/c13-9-5-2-1-4-8(9)10(14)6-3-7-11(15)12(16)17/h1-7,13,15H,(H,16,17)/p-1. The number of aliphatic hydroxyl groups excluding tert-OH is 1. The van der Waals surface area contributed by atoms with Crippen LogP contribution in [0.15, 0.2) is 48.3 Å². The topological polar surface area (TPSA) is 97.7 Å². The lowest BCUT2D eigenvalue weighted by Gasteiger charge is -2.08. The average molecular weight is 233 g/mol. The summed E-state index contributed by atoms with van der Waals surface area (Å²) >= 11 is 0. The van der Waals surface area contributed by atoms with Crippen LogP contribution < -0.4 is 5.11 Å². The third-order valence-corrected chi connectivity index (χ3v) is 1.87. The number of hydrogen-bond donors (Lipinski definition) is 2. The van der Waals surface area contributed by atoms with Gasteiger partial charge in [0.1, 0.15) is 0 Å². The van der Waals surface area contributed by atoms with Crippen molar-refractivity contribution in [3.05, 3.63) is 53.8 Å². The molecule has 1 aromatic carbocycles. The minimum atomic E-state index is -1.49. The van der Waals surface area contributed by atoms with E-state index in [1.165, 1.54) is 18.2 Å². The second-order valence-corrected chi connectivity index (χ2v) is 3.08. The molecule has 0 spiro atoms. The molecule has 0 aromatic heterocycles. The van der Waals surface area contributed by atoms with Crippen molar-refractivity contribution in [3.63, 3.8) is 0 Å². The first-order valence-electron chi connectivity index (χ1n) is 4.63. The Bertz CT molecular complexity index is 499. The molecule has 0 unspecified atom stereocenters. The molecule has 2 N–H and O–H groups in total. The van der Waals surface area contributed by atoms with Gasteiger partial charge in [-0.25, -0.2) is 4.79 Å². The highest BCUT2D eigenvalue weighted by molar-refractivity contribution is 6.06. The summed E-state index contributed by atoms with van der Waals surface area (Å²) < 4.78 is 0. The van der Waals surface area contributed by atoms with Gasteiger partial charge in [-0.3, -0.25) is 4.79 Å². The second-order valence-electron chi connectivity index (χ2n) is 3.08. The van der Waals surface area contributed by atoms with Crippen LogP contribution >= 0.6 is 0 Å². The fourth-order valence-corrected chi connectivity index (χ4v) is 1.06. The van der Waals surface area contributed by atoms with E-state index < -0.39 is 23.3 Å². The number of aliphatic hydroxyl groups is 1. The number of hydrogen-bond acceptors (Lipinski definition) is 4. The van der Waals surface area contributed by atoms with Crippen molar-refractivity contribution < 1.29 is 24.9 Å². The van der Waals surface area contributed by atoms with Gasteiger partial charge in [0.05, 0.1) is 0 Å². The summed E-state index contributed by atoms with van der Waals surface area (Å²) in [6.45, 7) is 0. The molecular formula is C12H9O5-. The largest absolute Gasteiger partial charge is 0.872 e. The Morgan fingerprint density at radius 1 is 1.18 bits per heavy atom. The Kier molecular flexibility index (Phi) is 4.05. The maximum absolute atomic E-state index is 11.5. The van der Waals surface area contributed by atoms with Gasteiger partial charge < -0.3 is 15.3 Å². The lowest BCUT2D eigenvalue weighted by atomic mass is 10.1. The summed E-state index contributed by atoms with van der Waals surface area (Å²) in [7, 11) is 0. The third kappa shape index (κ3) is 3.49. The molecule has 0 bridgehead atoms. The van der Waals surface area contributed by atoms with Gasteiger partial charge in [-0.05, 0) is 12.2 Å². The Hall–Kier alpha value is -2.56. The lowest BCUT2D eigenvalue weighted by molar-refractivity contribution is -0.268. The maximum atomic E-state index is 11.5. The number of ketones is 1. The molecular weight excluding hydrogens is 224 g/mol. The Labute approximate surface area is 96.9 Å². The van der Waals surface area contributed by atoms with Crippen LogP contribution in [-0.2, 0) is 4.79 Å². The molecule has 5 nitrogen and oxygen atoms in total. The molecule has 0 radical (unpaired) electrons. The van der Waals surface area contributed by atoms with E-state index in [9.17, 15) is 14.7 Å². The predicted molar refractivity (Wildman–Crippen MR) is 57.7 cm³/mol. The van der Waals surface area contributed by atoms with Gasteiger partial charge in [-0.2, -0.15) is 0 Å². The summed E-state index contributed by atoms with van der Waals surface area (Å²) in [5.41, 5.74) is -0.00744. The molecule has 1 aromatic rings. The number of carboxylic acid groups (broad SMARTS) is 1. The molecule has 0 fully saturated rings. The predicted octanol–water partition coefficient (Wildman–Crippen LogP) is 1.03. The van der Waals surface area contributed by atoms with Gasteiger partial charge in [0.2, 0.25) is 5.76 Å². The van der Waals surface area contributed by atoms with Crippen LogP contribution in [0.25, 0.3) is 0 Å². The minimum Gasteiger partial charge on any atom is -0.872 e. The normalized spacial score (nSPS) is 11.6. The molecule has 1 rings (SSSR count). The van der Waals surface area contributed by atoms with Crippen LogP contribution in [0.5, 0.6) is 5.75 Å². The number of allylic oxidation sites excluding steroid dienone is 3. The summed E-state index contributed by atoms with van der Waals surface area (Å²) in [5.74, 6) is -3.34. The number of carboxylic acids is 1. The molecule has 0 aliphatic rings. The Balaban J connectivity index is 2.81. The van der Waals surface area contributed by atoms with E-state index in [0.29, 0.717) is 0 Å². The molecule has 0 saturated heterocycles. The number of benzene rings is 1. The van der Waals surface area contributed by atoms with Gasteiger partial charge in [0.25, 0.3) is 0 Å². The molecule has 0 aliphatic carbocycles. The zero-order valence-electron chi connectivity index (χ0n) is 8.66. The number of carbonyl (C=O) groups excluding carboxylic acids is 1. The van der Waals surface area contributed by atoms with Crippen molar-refractivity contribution in [2.24, 2.45) is 0 Å². The molecule has 0 aliphatic heterocycles. The van der Waals surface area contributed by atoms with Crippen LogP contribution in [0.2, 0.25) is 0 Å². The Morgan fingerprint density at radius 3 is 2.41 bits per heavy atom. The summed E-state index contributed by atoms with van der Waals surface area (Å²) in [5, 5.41) is 28.4. The average Bonchev–Trinajstić information content (AvgIpc) is 2.29. The van der Waals surface area contributed by atoms with E-state index in [1.807, 2.05) is 0 Å². The van der Waals surface area contributed by atoms with Crippen LogP contribution in [0.3, 0.4) is 0 Å². The van der Waals surface area contributed by atoms with Gasteiger partial charge in [-0.1, -0.05) is 36.1 Å². The second kappa shape index (κ2) is 5.50. The molecule has 0 saturated carbocycles. The van der Waals surface area contributed by atoms with Crippen LogP contribution in [0.4, 0.5) is 0 Å².